The van der Waals surface area contributed by atoms with Crippen LogP contribution in [0.3, 0.4) is 0 Å². The van der Waals surface area contributed by atoms with Crippen LogP contribution >= 0.6 is 0 Å². The Morgan fingerprint density at radius 1 is 0.284 bits per heavy atom. The van der Waals surface area contributed by atoms with Crippen LogP contribution in [0.2, 0.25) is 0 Å². The van der Waals surface area contributed by atoms with Crippen LogP contribution in [-0.4, -0.2) is 24.9 Å². The molecule has 0 fully saturated rings. The summed E-state index contributed by atoms with van der Waals surface area (Å²) in [6, 6.07) is 77.9. The minimum absolute atomic E-state index is 0.468. The van der Waals surface area contributed by atoms with Gasteiger partial charge >= 0.3 is 0 Å². The minimum atomic E-state index is -0.468. The summed E-state index contributed by atoms with van der Waals surface area (Å²) in [6.07, 6.45) is 1.84. The quantitative estimate of drug-likeness (QED) is 0.161. The molecular weight excluding hydrogens is 815 g/mol. The molecule has 0 saturated heterocycles. The number of hydrogen-bond acceptors (Lipinski definition) is 5. The molecule has 310 valence electrons. The summed E-state index contributed by atoms with van der Waals surface area (Å²) in [5, 5.41) is 4.45. The van der Waals surface area contributed by atoms with Gasteiger partial charge in [0.2, 0.25) is 0 Å². The monoisotopic (exact) mass is 851 g/mol. The van der Waals surface area contributed by atoms with E-state index in [0.29, 0.717) is 17.5 Å². The van der Waals surface area contributed by atoms with Crippen molar-refractivity contribution in [3.8, 4) is 78.8 Å². The molecule has 2 aliphatic carbocycles. The van der Waals surface area contributed by atoms with Crippen LogP contribution in [0.1, 0.15) is 22.3 Å². The number of benzene rings is 9. The zero-order chi connectivity index (χ0) is 44.1. The van der Waals surface area contributed by atoms with Gasteiger partial charge in [-0.15, -0.1) is 0 Å². The maximum Gasteiger partial charge on any atom is 0.164 e. The summed E-state index contributed by atoms with van der Waals surface area (Å²) >= 11 is 0. The van der Waals surface area contributed by atoms with Gasteiger partial charge < -0.3 is 0 Å². The van der Waals surface area contributed by atoms with Crippen molar-refractivity contribution in [3.63, 3.8) is 0 Å². The van der Waals surface area contributed by atoms with Crippen molar-refractivity contribution in [1.82, 2.24) is 24.9 Å². The summed E-state index contributed by atoms with van der Waals surface area (Å²) in [5.41, 5.74) is 18.6. The van der Waals surface area contributed by atoms with Gasteiger partial charge in [-0.1, -0.05) is 200 Å². The van der Waals surface area contributed by atoms with E-state index in [1.165, 1.54) is 44.5 Å². The molecule has 0 radical (unpaired) electrons. The second kappa shape index (κ2) is 14.5. The van der Waals surface area contributed by atoms with E-state index < -0.39 is 5.41 Å². The molecule has 5 nitrogen and oxygen atoms in total. The number of pyridine rings is 2. The van der Waals surface area contributed by atoms with E-state index >= 15 is 0 Å². The molecule has 2 aliphatic rings. The van der Waals surface area contributed by atoms with Gasteiger partial charge in [-0.05, 0) is 84.6 Å². The van der Waals surface area contributed by atoms with Crippen LogP contribution in [0.25, 0.3) is 111 Å². The van der Waals surface area contributed by atoms with Gasteiger partial charge in [0.1, 0.15) is 0 Å². The predicted octanol–water partition coefficient (Wildman–Crippen LogP) is 14.8. The maximum atomic E-state index is 5.28. The van der Waals surface area contributed by atoms with Crippen molar-refractivity contribution in [3.05, 3.63) is 247 Å². The van der Waals surface area contributed by atoms with E-state index in [-0.39, 0.29) is 0 Å². The topological polar surface area (TPSA) is 64.5 Å². The van der Waals surface area contributed by atoms with Gasteiger partial charge in [0.25, 0.3) is 0 Å². The van der Waals surface area contributed by atoms with Crippen molar-refractivity contribution < 1.29 is 0 Å². The molecule has 0 saturated carbocycles. The third-order valence-electron chi connectivity index (χ3n) is 14.0. The molecular formula is C62H37N5. The van der Waals surface area contributed by atoms with Crippen molar-refractivity contribution in [2.45, 2.75) is 5.41 Å². The van der Waals surface area contributed by atoms with Gasteiger partial charge in [-0.2, -0.15) is 0 Å². The molecule has 9 aromatic carbocycles. The van der Waals surface area contributed by atoms with Gasteiger partial charge in [0.15, 0.2) is 17.5 Å². The van der Waals surface area contributed by atoms with Crippen molar-refractivity contribution in [2.75, 3.05) is 0 Å². The normalized spacial score (nSPS) is 12.9. The summed E-state index contributed by atoms with van der Waals surface area (Å²) < 4.78 is 0. The highest BCUT2D eigenvalue weighted by Crippen LogP contribution is 2.63. The van der Waals surface area contributed by atoms with Gasteiger partial charge in [-0.3, -0.25) is 4.98 Å². The fourth-order valence-electron chi connectivity index (χ4n) is 11.0. The smallest absolute Gasteiger partial charge is 0.164 e. The maximum absolute atomic E-state index is 5.28. The molecule has 0 amide bonds. The van der Waals surface area contributed by atoms with E-state index in [0.717, 1.165) is 71.7 Å². The Hall–Kier alpha value is -8.93. The Bertz CT molecular complexity index is 3930. The van der Waals surface area contributed by atoms with E-state index in [2.05, 4.69) is 194 Å². The van der Waals surface area contributed by atoms with Crippen molar-refractivity contribution >= 4 is 32.6 Å². The van der Waals surface area contributed by atoms with Gasteiger partial charge in [0.05, 0.1) is 22.1 Å². The number of nitrogens with zero attached hydrogens (tertiary/aromatic N) is 5. The van der Waals surface area contributed by atoms with Crippen molar-refractivity contribution in [1.29, 1.82) is 0 Å². The summed E-state index contributed by atoms with van der Waals surface area (Å²) in [4.78, 5) is 25.5. The Kier molecular flexibility index (Phi) is 8.13. The van der Waals surface area contributed by atoms with Crippen LogP contribution in [0.15, 0.2) is 225 Å². The van der Waals surface area contributed by atoms with E-state index in [4.69, 9.17) is 24.9 Å². The minimum Gasteiger partial charge on any atom is -0.254 e. The van der Waals surface area contributed by atoms with Crippen molar-refractivity contribution in [2.24, 2.45) is 0 Å². The predicted molar refractivity (Wildman–Crippen MR) is 271 cm³/mol. The summed E-state index contributed by atoms with van der Waals surface area (Å²) in [7, 11) is 0. The number of aromatic nitrogens is 5. The molecule has 3 heterocycles. The Balaban J connectivity index is 0.882. The lowest BCUT2D eigenvalue weighted by Crippen LogP contribution is -2.25. The standard InChI is InChI=1S/C62H37N5/c1-2-13-41(14-3-1)59-65-60(67-61(66-59)43-30-32-50-49-20-8-11-23-54(49)62(55(50)37-43)52-21-9-6-18-47(52)48-19-7-10-22-53(48)62)42-28-24-38(25-29-42)44-33-34-51(46-17-5-4-16-45(44)46)56-35-31-40-27-26-39-15-12-36-63-57(39)58(40)64-56/h1-37H. The fourth-order valence-corrected chi connectivity index (χ4v) is 11.0. The molecule has 0 aliphatic heterocycles. The first-order valence-corrected chi connectivity index (χ1v) is 22.7. The highest BCUT2D eigenvalue weighted by Gasteiger charge is 2.51. The van der Waals surface area contributed by atoms with E-state index in [1.54, 1.807) is 0 Å². The van der Waals surface area contributed by atoms with E-state index in [1.807, 2.05) is 30.5 Å². The molecule has 1 spiro atoms. The molecule has 0 N–H and O–H groups in total. The number of rotatable bonds is 5. The van der Waals surface area contributed by atoms with E-state index in [9.17, 15) is 0 Å². The number of hydrogen-bond donors (Lipinski definition) is 0. The zero-order valence-electron chi connectivity index (χ0n) is 36.1. The van der Waals surface area contributed by atoms with Crippen LogP contribution < -0.4 is 0 Å². The molecule has 0 atom stereocenters. The third-order valence-corrected chi connectivity index (χ3v) is 14.0. The SMILES string of the molecule is c1ccc(-c2nc(-c3ccc(-c4ccc(-c5ccc6ccc7cccnc7c6n5)c5ccccc45)cc3)nc(-c3ccc4c(c3)C3(c5ccccc5-c5ccccc53)c3ccccc3-4)n2)cc1. The molecule has 0 bridgehead atoms. The first-order valence-electron chi connectivity index (χ1n) is 22.7. The molecule has 3 aromatic heterocycles. The zero-order valence-corrected chi connectivity index (χ0v) is 36.1. The van der Waals surface area contributed by atoms with Crippen LogP contribution in [0.5, 0.6) is 0 Å². The molecule has 67 heavy (non-hydrogen) atoms. The highest BCUT2D eigenvalue weighted by atomic mass is 15.0. The average molecular weight is 852 g/mol. The fraction of sp³-hybridized carbons (Fsp3) is 0.0161. The molecule has 0 unspecified atom stereocenters. The highest BCUT2D eigenvalue weighted by molar-refractivity contribution is 6.07. The van der Waals surface area contributed by atoms with Gasteiger partial charge in [-0.25, -0.2) is 19.9 Å². The summed E-state index contributed by atoms with van der Waals surface area (Å²) in [6.45, 7) is 0. The van der Waals surface area contributed by atoms with Crippen LogP contribution in [-0.2, 0) is 5.41 Å². The summed E-state index contributed by atoms with van der Waals surface area (Å²) in [5.74, 6) is 1.89. The molecule has 5 heteroatoms. The average Bonchev–Trinajstić information content (AvgIpc) is 3.88. The lowest BCUT2D eigenvalue weighted by atomic mass is 9.70. The van der Waals surface area contributed by atoms with Crippen LogP contribution in [0, 0.1) is 0 Å². The molecule has 12 aromatic rings. The first kappa shape index (κ1) is 37.4. The Morgan fingerprint density at radius 3 is 1.43 bits per heavy atom. The van der Waals surface area contributed by atoms with Gasteiger partial charge in [0, 0.05) is 39.2 Å². The molecule has 14 rings (SSSR count). The number of fused-ring (bicyclic) bond motifs is 14. The lowest BCUT2D eigenvalue weighted by Gasteiger charge is -2.30. The second-order valence-corrected chi connectivity index (χ2v) is 17.5. The Labute approximate surface area is 386 Å². The third kappa shape index (κ3) is 5.58. The van der Waals surface area contributed by atoms with Crippen LogP contribution in [0.4, 0.5) is 0 Å². The first-order chi connectivity index (χ1) is 33.2. The Morgan fingerprint density at radius 2 is 0.761 bits per heavy atom. The lowest BCUT2D eigenvalue weighted by molar-refractivity contribution is 0.794. The largest absolute Gasteiger partial charge is 0.254 e. The second-order valence-electron chi connectivity index (χ2n) is 17.5.